The highest BCUT2D eigenvalue weighted by atomic mass is 35.5. The van der Waals surface area contributed by atoms with E-state index < -0.39 is 22.4 Å². The van der Waals surface area contributed by atoms with Crippen molar-refractivity contribution in [2.45, 2.75) is 37.7 Å². The molecule has 0 amide bonds. The van der Waals surface area contributed by atoms with Crippen LogP contribution in [0.15, 0.2) is 17.0 Å². The van der Waals surface area contributed by atoms with Crippen molar-refractivity contribution in [3.05, 3.63) is 28.5 Å². The van der Waals surface area contributed by atoms with Crippen LogP contribution in [-0.4, -0.2) is 31.4 Å². The number of hydrogen-bond acceptors (Lipinski definition) is 3. The van der Waals surface area contributed by atoms with E-state index in [2.05, 4.69) is 0 Å². The summed E-state index contributed by atoms with van der Waals surface area (Å²) in [6.07, 6.45) is 2.66. The number of benzene rings is 1. The molecule has 0 heterocycles. The highest BCUT2D eigenvalue weighted by Crippen LogP contribution is 2.26. The predicted octanol–water partition coefficient (Wildman–Crippen LogP) is 2.78. The number of halogens is 2. The van der Waals surface area contributed by atoms with Crippen LogP contribution in [0.25, 0.3) is 0 Å². The van der Waals surface area contributed by atoms with E-state index in [9.17, 15) is 12.8 Å². The molecule has 20 heavy (non-hydrogen) atoms. The number of nitrogens with zero attached hydrogens (tertiary/aromatic N) is 1. The first-order valence-corrected chi connectivity index (χ1v) is 8.21. The summed E-state index contributed by atoms with van der Waals surface area (Å²) in [5.41, 5.74) is 0.0622. The second-order valence-electron chi connectivity index (χ2n) is 4.57. The molecule has 0 aromatic heterocycles. The Kier molecular flexibility index (Phi) is 6.39. The summed E-state index contributed by atoms with van der Waals surface area (Å²) in [6, 6.07) is 2.09. The van der Waals surface area contributed by atoms with Crippen LogP contribution in [0, 0.1) is 5.82 Å². The average molecular weight is 324 g/mol. The van der Waals surface area contributed by atoms with Crippen LogP contribution in [0.2, 0.25) is 5.02 Å². The summed E-state index contributed by atoms with van der Waals surface area (Å²) < 4.78 is 39.4. The molecule has 1 aromatic rings. The highest BCUT2D eigenvalue weighted by Gasteiger charge is 2.23. The molecule has 0 saturated heterocycles. The van der Waals surface area contributed by atoms with Crippen molar-refractivity contribution >= 4 is 21.6 Å². The molecule has 0 aliphatic carbocycles. The van der Waals surface area contributed by atoms with Gasteiger partial charge in [-0.15, -0.1) is 0 Å². The summed E-state index contributed by atoms with van der Waals surface area (Å²) in [4.78, 5) is -0.192. The lowest BCUT2D eigenvalue weighted by atomic mass is 10.2. The van der Waals surface area contributed by atoms with Crippen molar-refractivity contribution in [3.63, 3.8) is 0 Å². The van der Waals surface area contributed by atoms with Gasteiger partial charge in [0.25, 0.3) is 0 Å². The largest absolute Gasteiger partial charge is 0.392 e. The van der Waals surface area contributed by atoms with Gasteiger partial charge in [0.1, 0.15) is 5.82 Å². The maximum absolute atomic E-state index is 13.6. The fourth-order valence-electron chi connectivity index (χ4n) is 1.77. The molecule has 1 rings (SSSR count). The number of unbranched alkanes of at least 4 members (excludes halogenated alkanes) is 2. The monoisotopic (exact) mass is 323 g/mol. The number of rotatable bonds is 7. The Hall–Kier alpha value is -0.690. The van der Waals surface area contributed by atoms with Gasteiger partial charge in [-0.05, 0) is 18.6 Å². The van der Waals surface area contributed by atoms with E-state index >= 15 is 0 Å². The lowest BCUT2D eigenvalue weighted by Crippen LogP contribution is -2.28. The SMILES string of the molecule is CCCCCN(C)S(=O)(=O)c1cc(F)c(Cl)c(CO)c1. The Balaban J connectivity index is 3.06. The van der Waals surface area contributed by atoms with E-state index in [1.165, 1.54) is 17.4 Å². The Morgan fingerprint density at radius 3 is 2.55 bits per heavy atom. The predicted molar refractivity (Wildman–Crippen MR) is 76.7 cm³/mol. The van der Waals surface area contributed by atoms with Crippen LogP contribution in [-0.2, 0) is 16.6 Å². The van der Waals surface area contributed by atoms with Crippen molar-refractivity contribution in [1.29, 1.82) is 0 Å². The molecule has 0 aliphatic heterocycles. The van der Waals surface area contributed by atoms with E-state index in [0.29, 0.717) is 6.54 Å². The Morgan fingerprint density at radius 2 is 2.00 bits per heavy atom. The van der Waals surface area contributed by atoms with Crippen molar-refractivity contribution < 1.29 is 17.9 Å². The molecule has 0 saturated carbocycles. The zero-order valence-electron chi connectivity index (χ0n) is 11.6. The molecule has 0 spiro atoms. The fourth-order valence-corrected chi connectivity index (χ4v) is 3.21. The molecule has 0 unspecified atom stereocenters. The van der Waals surface area contributed by atoms with Gasteiger partial charge in [0.05, 0.1) is 16.5 Å². The smallest absolute Gasteiger partial charge is 0.242 e. The molecule has 0 radical (unpaired) electrons. The van der Waals surface area contributed by atoms with Crippen molar-refractivity contribution in [3.8, 4) is 0 Å². The maximum Gasteiger partial charge on any atom is 0.242 e. The third-order valence-electron chi connectivity index (χ3n) is 3.03. The van der Waals surface area contributed by atoms with E-state index in [0.717, 1.165) is 25.3 Å². The molecular weight excluding hydrogens is 305 g/mol. The van der Waals surface area contributed by atoms with E-state index in [1.807, 2.05) is 6.92 Å². The molecule has 1 N–H and O–H groups in total. The molecule has 7 heteroatoms. The Bertz CT molecular complexity index is 563. The first-order valence-electron chi connectivity index (χ1n) is 6.39. The van der Waals surface area contributed by atoms with Gasteiger partial charge in [0.2, 0.25) is 10.0 Å². The van der Waals surface area contributed by atoms with Crippen LogP contribution in [0.5, 0.6) is 0 Å². The van der Waals surface area contributed by atoms with Gasteiger partial charge in [-0.2, -0.15) is 0 Å². The van der Waals surface area contributed by atoms with Gasteiger partial charge in [0, 0.05) is 19.2 Å². The third kappa shape index (κ3) is 3.91. The van der Waals surface area contributed by atoms with Gasteiger partial charge in [-0.25, -0.2) is 17.1 Å². The minimum absolute atomic E-state index is 0.0622. The van der Waals surface area contributed by atoms with Crippen molar-refractivity contribution in [2.75, 3.05) is 13.6 Å². The Morgan fingerprint density at radius 1 is 1.35 bits per heavy atom. The van der Waals surface area contributed by atoms with Gasteiger partial charge >= 0.3 is 0 Å². The summed E-state index contributed by atoms with van der Waals surface area (Å²) in [7, 11) is -2.31. The number of aliphatic hydroxyl groups is 1. The lowest BCUT2D eigenvalue weighted by Gasteiger charge is -2.18. The van der Waals surface area contributed by atoms with E-state index in [1.54, 1.807) is 0 Å². The lowest BCUT2D eigenvalue weighted by molar-refractivity contribution is 0.281. The molecule has 0 atom stereocenters. The zero-order chi connectivity index (χ0) is 15.3. The second-order valence-corrected chi connectivity index (χ2v) is 6.99. The highest BCUT2D eigenvalue weighted by molar-refractivity contribution is 7.89. The number of sulfonamides is 1. The van der Waals surface area contributed by atoms with Crippen molar-refractivity contribution in [1.82, 2.24) is 4.31 Å². The van der Waals surface area contributed by atoms with E-state index in [-0.39, 0.29) is 15.5 Å². The average Bonchev–Trinajstić information content (AvgIpc) is 2.41. The normalized spacial score (nSPS) is 12.1. The molecule has 1 aromatic carbocycles. The molecule has 4 nitrogen and oxygen atoms in total. The van der Waals surface area contributed by atoms with E-state index in [4.69, 9.17) is 16.7 Å². The molecule has 0 fully saturated rings. The van der Waals surface area contributed by atoms with Gasteiger partial charge in [0.15, 0.2) is 0 Å². The van der Waals surface area contributed by atoms with Crippen LogP contribution in [0.1, 0.15) is 31.7 Å². The Labute approximate surface area is 124 Å². The molecule has 114 valence electrons. The first kappa shape index (κ1) is 17.4. The van der Waals surface area contributed by atoms with Gasteiger partial charge in [-0.3, -0.25) is 0 Å². The number of hydrogen-bond donors (Lipinski definition) is 1. The zero-order valence-corrected chi connectivity index (χ0v) is 13.1. The topological polar surface area (TPSA) is 57.6 Å². The van der Waals surface area contributed by atoms with Gasteiger partial charge < -0.3 is 5.11 Å². The van der Waals surface area contributed by atoms with Crippen LogP contribution < -0.4 is 0 Å². The molecule has 0 aliphatic rings. The standard InChI is InChI=1S/C13H19ClFNO3S/c1-3-4-5-6-16(2)20(18,19)11-7-10(9-17)13(14)12(15)8-11/h7-8,17H,3-6,9H2,1-2H3. The summed E-state index contributed by atoms with van der Waals surface area (Å²) in [6.45, 7) is 1.88. The van der Waals surface area contributed by atoms with Crippen molar-refractivity contribution in [2.24, 2.45) is 0 Å². The first-order chi connectivity index (χ1) is 9.34. The van der Waals surface area contributed by atoms with Crippen LogP contribution in [0.3, 0.4) is 0 Å². The van der Waals surface area contributed by atoms with Gasteiger partial charge in [-0.1, -0.05) is 31.4 Å². The summed E-state index contributed by atoms with van der Waals surface area (Å²) in [5, 5.41) is 8.84. The number of aliphatic hydroxyl groups excluding tert-OH is 1. The molecular formula is C13H19ClFNO3S. The third-order valence-corrected chi connectivity index (χ3v) is 5.29. The maximum atomic E-state index is 13.6. The quantitative estimate of drug-likeness (QED) is 0.785. The fraction of sp³-hybridized carbons (Fsp3) is 0.538. The van der Waals surface area contributed by atoms with Crippen LogP contribution in [0.4, 0.5) is 4.39 Å². The summed E-state index contributed by atoms with van der Waals surface area (Å²) >= 11 is 5.65. The minimum Gasteiger partial charge on any atom is -0.392 e. The minimum atomic E-state index is -3.77. The second kappa shape index (κ2) is 7.36. The van der Waals surface area contributed by atoms with Crippen LogP contribution >= 0.6 is 11.6 Å². The molecule has 0 bridgehead atoms. The summed E-state index contributed by atoms with van der Waals surface area (Å²) in [5.74, 6) is -0.848.